The van der Waals surface area contributed by atoms with Crippen LogP contribution in [0.15, 0.2) is 49.1 Å². The number of carbonyl (C=O) groups excluding carboxylic acids is 1. The number of nitrogens with one attached hydrogen (secondary N) is 1. The first-order chi connectivity index (χ1) is 13.5. The topological polar surface area (TPSA) is 119 Å². The molecule has 1 amide bonds. The Labute approximate surface area is 157 Å². The highest BCUT2D eigenvalue weighted by Gasteiger charge is 2.34. The van der Waals surface area contributed by atoms with E-state index < -0.39 is 16.4 Å². The molecular formula is C17H14FN7O3. The van der Waals surface area contributed by atoms with Crippen LogP contribution in [0.1, 0.15) is 0 Å². The first-order valence-corrected chi connectivity index (χ1v) is 8.33. The summed E-state index contributed by atoms with van der Waals surface area (Å²) in [7, 11) is 0. The Morgan fingerprint density at radius 1 is 1.25 bits per heavy atom. The summed E-state index contributed by atoms with van der Waals surface area (Å²) in [5, 5.41) is 17.5. The third-order valence-electron chi connectivity index (χ3n) is 4.36. The van der Waals surface area contributed by atoms with E-state index in [1.54, 1.807) is 29.2 Å². The van der Waals surface area contributed by atoms with Crippen molar-refractivity contribution < 1.29 is 14.1 Å². The second-order valence-corrected chi connectivity index (χ2v) is 6.20. The second-order valence-electron chi connectivity index (χ2n) is 6.20. The van der Waals surface area contributed by atoms with E-state index in [0.717, 1.165) is 12.1 Å². The predicted octanol–water partition coefficient (Wildman–Crippen LogP) is 1.78. The van der Waals surface area contributed by atoms with Gasteiger partial charge in [0, 0.05) is 43.3 Å². The first kappa shape index (κ1) is 17.5. The molecule has 142 valence electrons. The van der Waals surface area contributed by atoms with E-state index in [4.69, 9.17) is 0 Å². The van der Waals surface area contributed by atoms with Crippen molar-refractivity contribution in [1.29, 1.82) is 0 Å². The molecule has 0 aliphatic carbocycles. The van der Waals surface area contributed by atoms with Crippen LogP contribution in [0.5, 0.6) is 0 Å². The van der Waals surface area contributed by atoms with Crippen molar-refractivity contribution in [2.24, 2.45) is 5.92 Å². The Kier molecular flexibility index (Phi) is 4.39. The van der Waals surface area contributed by atoms with Gasteiger partial charge in [-0.15, -0.1) is 0 Å². The van der Waals surface area contributed by atoms with Crippen molar-refractivity contribution in [2.45, 2.75) is 0 Å². The maximum absolute atomic E-state index is 13.4. The molecule has 1 aliphatic heterocycles. The zero-order valence-electron chi connectivity index (χ0n) is 14.4. The molecule has 0 saturated carbocycles. The number of nitrogens with zero attached hydrogens (tertiary/aromatic N) is 6. The molecule has 1 aliphatic rings. The van der Waals surface area contributed by atoms with Gasteiger partial charge >= 0.3 is 5.69 Å². The van der Waals surface area contributed by atoms with Crippen molar-refractivity contribution >= 4 is 23.1 Å². The van der Waals surface area contributed by atoms with Gasteiger partial charge in [-0.2, -0.15) is 9.49 Å². The van der Waals surface area contributed by atoms with E-state index >= 15 is 0 Å². The van der Waals surface area contributed by atoms with Crippen molar-refractivity contribution in [3.05, 3.63) is 65.0 Å². The lowest BCUT2D eigenvalue weighted by atomic mass is 9.99. The fraction of sp³-hybridized carbons (Fsp3) is 0.176. The number of amides is 1. The minimum absolute atomic E-state index is 0.180. The van der Waals surface area contributed by atoms with Crippen LogP contribution < -0.4 is 10.2 Å². The standard InChI is InChI=1S/C17H14FN7O3/c18-13-3-2-12(6-14(13)25(27)28)22-17(26)11-8-23(9-11)15-7-16(20-10-19-15)24-5-1-4-21-24/h1-7,10-11H,8-9H2,(H,22,26). The summed E-state index contributed by atoms with van der Waals surface area (Å²) in [6, 6.07) is 6.80. The van der Waals surface area contributed by atoms with Gasteiger partial charge in [0.25, 0.3) is 0 Å². The Morgan fingerprint density at radius 2 is 2.04 bits per heavy atom. The number of hydrogen-bond donors (Lipinski definition) is 1. The van der Waals surface area contributed by atoms with Crippen LogP contribution >= 0.6 is 0 Å². The van der Waals surface area contributed by atoms with Gasteiger partial charge in [-0.05, 0) is 18.2 Å². The minimum Gasteiger partial charge on any atom is -0.355 e. The van der Waals surface area contributed by atoms with E-state index in [1.807, 2.05) is 4.90 Å². The second kappa shape index (κ2) is 7.02. The quantitative estimate of drug-likeness (QED) is 0.527. The van der Waals surface area contributed by atoms with Gasteiger partial charge in [0.1, 0.15) is 12.1 Å². The Balaban J connectivity index is 1.39. The highest BCUT2D eigenvalue weighted by atomic mass is 19.1. The molecule has 0 atom stereocenters. The molecule has 0 bridgehead atoms. The first-order valence-electron chi connectivity index (χ1n) is 8.33. The summed E-state index contributed by atoms with van der Waals surface area (Å²) < 4.78 is 15.0. The van der Waals surface area contributed by atoms with Crippen LogP contribution in [0.25, 0.3) is 5.82 Å². The fourth-order valence-corrected chi connectivity index (χ4v) is 2.85. The van der Waals surface area contributed by atoms with Gasteiger partial charge in [-0.3, -0.25) is 14.9 Å². The van der Waals surface area contributed by atoms with Crippen molar-refractivity contribution in [1.82, 2.24) is 19.7 Å². The number of nitro groups is 1. The van der Waals surface area contributed by atoms with E-state index in [2.05, 4.69) is 20.4 Å². The molecule has 10 nitrogen and oxygen atoms in total. The fourth-order valence-electron chi connectivity index (χ4n) is 2.85. The normalized spacial score (nSPS) is 13.8. The summed E-state index contributed by atoms with van der Waals surface area (Å²) in [5.74, 6) is -0.274. The lowest BCUT2D eigenvalue weighted by Gasteiger charge is -2.39. The molecule has 0 unspecified atom stereocenters. The largest absolute Gasteiger partial charge is 0.355 e. The van der Waals surface area contributed by atoms with Gasteiger partial charge in [-0.25, -0.2) is 14.6 Å². The summed E-state index contributed by atoms with van der Waals surface area (Å²) in [5.41, 5.74) is -0.500. The molecule has 11 heteroatoms. The van der Waals surface area contributed by atoms with Crippen LogP contribution in [0, 0.1) is 21.8 Å². The minimum atomic E-state index is -0.949. The van der Waals surface area contributed by atoms with E-state index in [-0.39, 0.29) is 17.5 Å². The molecule has 1 N–H and O–H groups in total. The van der Waals surface area contributed by atoms with Crippen LogP contribution in [0.2, 0.25) is 0 Å². The average Bonchev–Trinajstić information content (AvgIpc) is 3.17. The van der Waals surface area contributed by atoms with Gasteiger partial charge in [0.05, 0.1) is 10.8 Å². The number of benzene rings is 1. The Bertz CT molecular complexity index is 1030. The average molecular weight is 383 g/mol. The zero-order valence-corrected chi connectivity index (χ0v) is 14.4. The SMILES string of the molecule is O=C(Nc1ccc(F)c([N+](=O)[O-])c1)C1CN(c2cc(-n3cccn3)ncn2)C1. The van der Waals surface area contributed by atoms with Crippen molar-refractivity contribution in [3.8, 4) is 5.82 Å². The molecule has 2 aromatic heterocycles. The van der Waals surface area contributed by atoms with Crippen LogP contribution in [0.3, 0.4) is 0 Å². The van der Waals surface area contributed by atoms with Crippen molar-refractivity contribution in [2.75, 3.05) is 23.3 Å². The summed E-state index contributed by atoms with van der Waals surface area (Å²) in [6.07, 6.45) is 4.84. The number of halogens is 1. The predicted molar refractivity (Wildman–Crippen MR) is 96.5 cm³/mol. The summed E-state index contributed by atoms with van der Waals surface area (Å²) >= 11 is 0. The number of hydrogen-bond acceptors (Lipinski definition) is 7. The van der Waals surface area contributed by atoms with E-state index in [0.29, 0.717) is 24.7 Å². The maximum Gasteiger partial charge on any atom is 0.306 e. The smallest absolute Gasteiger partial charge is 0.306 e. The molecule has 3 heterocycles. The monoisotopic (exact) mass is 383 g/mol. The van der Waals surface area contributed by atoms with Gasteiger partial charge < -0.3 is 10.2 Å². The highest BCUT2D eigenvalue weighted by Crippen LogP contribution is 2.26. The number of aromatic nitrogens is 4. The molecular weight excluding hydrogens is 369 g/mol. The Hall–Kier alpha value is -3.89. The molecule has 0 spiro atoms. The molecule has 1 saturated heterocycles. The summed E-state index contributed by atoms with van der Waals surface area (Å²) in [4.78, 5) is 32.6. The third-order valence-corrected chi connectivity index (χ3v) is 4.36. The van der Waals surface area contributed by atoms with Gasteiger partial charge in [0.15, 0.2) is 5.82 Å². The Morgan fingerprint density at radius 3 is 2.75 bits per heavy atom. The number of carbonyl (C=O) groups is 1. The molecule has 1 aromatic carbocycles. The molecule has 4 rings (SSSR count). The highest BCUT2D eigenvalue weighted by molar-refractivity contribution is 5.94. The van der Waals surface area contributed by atoms with Crippen LogP contribution in [-0.4, -0.2) is 43.7 Å². The molecule has 0 radical (unpaired) electrons. The van der Waals surface area contributed by atoms with E-state index in [9.17, 15) is 19.3 Å². The van der Waals surface area contributed by atoms with Gasteiger partial charge in [-0.1, -0.05) is 0 Å². The lowest BCUT2D eigenvalue weighted by Crippen LogP contribution is -2.52. The van der Waals surface area contributed by atoms with Crippen molar-refractivity contribution in [3.63, 3.8) is 0 Å². The van der Waals surface area contributed by atoms with Crippen LogP contribution in [-0.2, 0) is 4.79 Å². The maximum atomic E-state index is 13.4. The number of anilines is 2. The molecule has 1 fully saturated rings. The molecule has 28 heavy (non-hydrogen) atoms. The molecule has 3 aromatic rings. The zero-order chi connectivity index (χ0) is 19.7. The number of nitro benzene ring substituents is 1. The third kappa shape index (κ3) is 3.37. The van der Waals surface area contributed by atoms with Gasteiger partial charge in [0.2, 0.25) is 11.7 Å². The number of rotatable bonds is 5. The lowest BCUT2D eigenvalue weighted by molar-refractivity contribution is -0.387. The van der Waals surface area contributed by atoms with Crippen LogP contribution in [0.4, 0.5) is 21.6 Å². The van der Waals surface area contributed by atoms with E-state index in [1.165, 1.54) is 12.4 Å². The summed E-state index contributed by atoms with van der Waals surface area (Å²) in [6.45, 7) is 0.870.